The van der Waals surface area contributed by atoms with E-state index in [1.165, 1.54) is 12.2 Å². The number of halogens is 1. The molecule has 86 valence electrons. The van der Waals surface area contributed by atoms with E-state index in [0.717, 1.165) is 5.57 Å². The van der Waals surface area contributed by atoms with E-state index in [2.05, 4.69) is 26.3 Å². The normalized spacial score (nSPS) is 12.6. The Balaban J connectivity index is 5.05. The van der Waals surface area contributed by atoms with Crippen molar-refractivity contribution in [2.45, 2.75) is 13.8 Å². The average molecular weight is 218 g/mol. The minimum absolute atomic E-state index is 0.367. The van der Waals surface area contributed by atoms with Crippen LogP contribution in [0, 0.1) is 5.41 Å². The third kappa shape index (κ3) is 3.50. The molecule has 0 nitrogen and oxygen atoms in total. The Labute approximate surface area is 97.9 Å². The molecule has 0 bridgehead atoms. The van der Waals surface area contributed by atoms with Gasteiger partial charge in [0.1, 0.15) is 5.83 Å². The highest BCUT2D eigenvalue weighted by Crippen LogP contribution is 2.37. The van der Waals surface area contributed by atoms with Gasteiger partial charge in [-0.25, -0.2) is 4.39 Å². The summed E-state index contributed by atoms with van der Waals surface area (Å²) in [5.41, 5.74) is 0.652. The molecular formula is C15H19F. The van der Waals surface area contributed by atoms with Gasteiger partial charge in [0.2, 0.25) is 0 Å². The fourth-order valence-corrected chi connectivity index (χ4v) is 1.09. The predicted molar refractivity (Wildman–Crippen MR) is 70.8 cm³/mol. The second kappa shape index (κ2) is 6.06. The van der Waals surface area contributed by atoms with Gasteiger partial charge in [-0.15, -0.1) is 0 Å². The van der Waals surface area contributed by atoms with E-state index in [1.54, 1.807) is 18.2 Å². The van der Waals surface area contributed by atoms with Crippen LogP contribution in [0.3, 0.4) is 0 Å². The van der Waals surface area contributed by atoms with Gasteiger partial charge in [-0.3, -0.25) is 0 Å². The number of rotatable bonds is 6. The fourth-order valence-electron chi connectivity index (χ4n) is 1.09. The van der Waals surface area contributed by atoms with Gasteiger partial charge in [-0.1, -0.05) is 64.5 Å². The van der Waals surface area contributed by atoms with Crippen molar-refractivity contribution in [3.63, 3.8) is 0 Å². The molecule has 0 aromatic rings. The Morgan fingerprint density at radius 2 is 1.69 bits per heavy atom. The molecular weight excluding hydrogens is 199 g/mol. The van der Waals surface area contributed by atoms with Gasteiger partial charge in [0.25, 0.3) is 0 Å². The maximum absolute atomic E-state index is 13.6. The van der Waals surface area contributed by atoms with Crippen LogP contribution in [0.1, 0.15) is 13.8 Å². The van der Waals surface area contributed by atoms with E-state index in [4.69, 9.17) is 0 Å². The van der Waals surface area contributed by atoms with E-state index in [0.29, 0.717) is 5.57 Å². The summed E-state index contributed by atoms with van der Waals surface area (Å²) < 4.78 is 13.6. The molecule has 0 unspecified atom stereocenters. The van der Waals surface area contributed by atoms with E-state index in [1.807, 2.05) is 13.8 Å². The second-order valence-electron chi connectivity index (χ2n) is 3.97. The van der Waals surface area contributed by atoms with Crippen LogP contribution < -0.4 is 0 Å². The largest absolute Gasteiger partial charge is 0.207 e. The SMILES string of the molecule is C=C/C=C\C(=C)C(C)(C)C(=C)/C(F)=C\C=C. The quantitative estimate of drug-likeness (QED) is 0.556. The summed E-state index contributed by atoms with van der Waals surface area (Å²) in [5, 5.41) is 0. The smallest absolute Gasteiger partial charge is 0.126 e. The van der Waals surface area contributed by atoms with Crippen LogP contribution in [0.4, 0.5) is 4.39 Å². The van der Waals surface area contributed by atoms with Gasteiger partial charge in [0.15, 0.2) is 0 Å². The zero-order valence-electron chi connectivity index (χ0n) is 10.1. The zero-order valence-corrected chi connectivity index (χ0v) is 10.1. The summed E-state index contributed by atoms with van der Waals surface area (Å²) in [6.45, 7) is 18.5. The van der Waals surface area contributed by atoms with E-state index < -0.39 is 5.41 Å². The summed E-state index contributed by atoms with van der Waals surface area (Å²) in [6, 6.07) is 0. The lowest BCUT2D eigenvalue weighted by molar-refractivity contribution is 0.514. The van der Waals surface area contributed by atoms with E-state index >= 15 is 0 Å². The maximum Gasteiger partial charge on any atom is 0.126 e. The van der Waals surface area contributed by atoms with Crippen molar-refractivity contribution in [2.24, 2.45) is 5.41 Å². The Hall–Kier alpha value is -1.63. The lowest BCUT2D eigenvalue weighted by atomic mass is 9.77. The molecule has 1 heteroatoms. The van der Waals surface area contributed by atoms with Crippen molar-refractivity contribution in [1.29, 1.82) is 0 Å². The summed E-state index contributed by atoms with van der Waals surface area (Å²) in [4.78, 5) is 0. The van der Waals surface area contributed by atoms with E-state index in [9.17, 15) is 4.39 Å². The Kier molecular flexibility index (Phi) is 5.44. The topological polar surface area (TPSA) is 0 Å². The van der Waals surface area contributed by atoms with Crippen LogP contribution in [-0.4, -0.2) is 0 Å². The minimum Gasteiger partial charge on any atom is -0.207 e. The Morgan fingerprint density at radius 1 is 1.12 bits per heavy atom. The molecule has 0 N–H and O–H groups in total. The summed E-state index contributed by atoms with van der Waals surface area (Å²) >= 11 is 0. The molecule has 0 fully saturated rings. The van der Waals surface area contributed by atoms with Crippen molar-refractivity contribution in [1.82, 2.24) is 0 Å². The van der Waals surface area contributed by atoms with Crippen LogP contribution in [-0.2, 0) is 0 Å². The van der Waals surface area contributed by atoms with Crippen molar-refractivity contribution in [3.8, 4) is 0 Å². The van der Waals surface area contributed by atoms with Crippen LogP contribution in [0.2, 0.25) is 0 Å². The standard InChI is InChI=1S/C15H19F/c1-7-9-11-12(3)15(5,6)13(4)14(16)10-8-2/h7-11H,1-4H2,5-6H3/b11-9-,14-10+. The minimum atomic E-state index is -0.525. The molecule has 0 spiro atoms. The first kappa shape index (κ1) is 14.4. The van der Waals surface area contributed by atoms with Crippen molar-refractivity contribution in [2.75, 3.05) is 0 Å². The van der Waals surface area contributed by atoms with Crippen molar-refractivity contribution in [3.05, 3.63) is 73.7 Å². The van der Waals surface area contributed by atoms with Gasteiger partial charge in [-0.05, 0) is 17.2 Å². The van der Waals surface area contributed by atoms with Crippen molar-refractivity contribution >= 4 is 0 Å². The first-order valence-corrected chi connectivity index (χ1v) is 5.04. The van der Waals surface area contributed by atoms with Gasteiger partial charge in [0.05, 0.1) is 0 Å². The highest BCUT2D eigenvalue weighted by Gasteiger charge is 2.26. The van der Waals surface area contributed by atoms with E-state index in [-0.39, 0.29) is 5.83 Å². The predicted octanol–water partition coefficient (Wildman–Crippen LogP) is 4.91. The molecule has 16 heavy (non-hydrogen) atoms. The molecule has 0 heterocycles. The van der Waals surface area contributed by atoms with Gasteiger partial charge < -0.3 is 0 Å². The highest BCUT2D eigenvalue weighted by molar-refractivity contribution is 5.40. The summed E-state index contributed by atoms with van der Waals surface area (Å²) in [6.07, 6.45) is 7.93. The summed E-state index contributed by atoms with van der Waals surface area (Å²) in [7, 11) is 0. The van der Waals surface area contributed by atoms with Gasteiger partial charge >= 0.3 is 0 Å². The molecule has 0 saturated carbocycles. The van der Waals surface area contributed by atoms with Crippen LogP contribution in [0.5, 0.6) is 0 Å². The lowest BCUT2D eigenvalue weighted by Crippen LogP contribution is -2.16. The molecule has 0 aliphatic carbocycles. The monoisotopic (exact) mass is 218 g/mol. The third-order valence-electron chi connectivity index (χ3n) is 2.54. The number of hydrogen-bond acceptors (Lipinski definition) is 0. The molecule has 0 atom stereocenters. The second-order valence-corrected chi connectivity index (χ2v) is 3.97. The molecule has 0 radical (unpaired) electrons. The van der Waals surface area contributed by atoms with Crippen LogP contribution in [0.25, 0.3) is 0 Å². The molecule has 0 aromatic heterocycles. The third-order valence-corrected chi connectivity index (χ3v) is 2.54. The number of hydrogen-bond donors (Lipinski definition) is 0. The molecule has 0 saturated heterocycles. The fraction of sp³-hybridized carbons (Fsp3) is 0.200. The first-order chi connectivity index (χ1) is 7.37. The number of allylic oxidation sites excluding steroid dienone is 8. The molecule has 0 amide bonds. The molecule has 0 aliphatic rings. The lowest BCUT2D eigenvalue weighted by Gasteiger charge is -2.27. The molecule has 0 rings (SSSR count). The molecule has 0 aliphatic heterocycles. The highest BCUT2D eigenvalue weighted by atomic mass is 19.1. The van der Waals surface area contributed by atoms with Crippen LogP contribution in [0.15, 0.2) is 73.7 Å². The maximum atomic E-state index is 13.6. The van der Waals surface area contributed by atoms with Crippen LogP contribution >= 0.6 is 0 Å². The van der Waals surface area contributed by atoms with Crippen molar-refractivity contribution < 1.29 is 4.39 Å². The molecule has 0 aromatic carbocycles. The first-order valence-electron chi connectivity index (χ1n) is 5.04. The Bertz CT molecular complexity index is 365. The zero-order chi connectivity index (χ0) is 12.8. The average Bonchev–Trinajstić information content (AvgIpc) is 2.24. The Morgan fingerprint density at radius 3 is 2.12 bits per heavy atom. The van der Waals surface area contributed by atoms with Gasteiger partial charge in [-0.2, -0.15) is 0 Å². The summed E-state index contributed by atoms with van der Waals surface area (Å²) in [5.74, 6) is -0.367. The van der Waals surface area contributed by atoms with Gasteiger partial charge in [0, 0.05) is 5.41 Å².